The van der Waals surface area contributed by atoms with Gasteiger partial charge in [-0.25, -0.2) is 0 Å². The normalized spacial score (nSPS) is 19.8. The van der Waals surface area contributed by atoms with Crippen molar-refractivity contribution in [1.29, 1.82) is 0 Å². The molecule has 0 aromatic carbocycles. The van der Waals surface area contributed by atoms with Crippen molar-refractivity contribution in [2.75, 3.05) is 26.8 Å². The highest BCUT2D eigenvalue weighted by molar-refractivity contribution is 7.80. The van der Waals surface area contributed by atoms with Crippen LogP contribution >= 0.6 is 12.2 Å². The maximum Gasteiger partial charge on any atom is 0.167 e. The molecule has 1 saturated heterocycles. The van der Waals surface area contributed by atoms with Crippen LogP contribution in [0.2, 0.25) is 0 Å². The standard InChI is InChI=1S/C8H16N2O2S/c1-8(11-5-6-12-8)3-4-10-7(13)9-2/h3-6H2,1-2H3,(H2,9,10,13). The largest absolute Gasteiger partial charge is 0.366 e. The Labute approximate surface area is 84.0 Å². The second-order valence-corrected chi connectivity index (χ2v) is 3.49. The fourth-order valence-electron chi connectivity index (χ4n) is 1.19. The van der Waals surface area contributed by atoms with E-state index < -0.39 is 5.79 Å². The Hall–Kier alpha value is -0.390. The van der Waals surface area contributed by atoms with Gasteiger partial charge in [-0.2, -0.15) is 0 Å². The number of thiocarbonyl (C=S) groups is 1. The van der Waals surface area contributed by atoms with E-state index in [2.05, 4.69) is 10.6 Å². The summed E-state index contributed by atoms with van der Waals surface area (Å²) in [4.78, 5) is 0. The molecule has 1 heterocycles. The molecule has 4 nitrogen and oxygen atoms in total. The predicted octanol–water partition coefficient (Wildman–Crippen LogP) is 0.233. The van der Waals surface area contributed by atoms with E-state index in [-0.39, 0.29) is 0 Å². The third-order valence-corrected chi connectivity index (χ3v) is 2.34. The zero-order chi connectivity index (χ0) is 9.73. The van der Waals surface area contributed by atoms with E-state index in [0.29, 0.717) is 18.3 Å². The minimum absolute atomic E-state index is 0.420. The average molecular weight is 204 g/mol. The first kappa shape index (κ1) is 10.7. The topological polar surface area (TPSA) is 42.5 Å². The van der Waals surface area contributed by atoms with Crippen molar-refractivity contribution in [3.8, 4) is 0 Å². The van der Waals surface area contributed by atoms with Gasteiger partial charge in [0.1, 0.15) is 0 Å². The van der Waals surface area contributed by atoms with Crippen molar-refractivity contribution >= 4 is 17.3 Å². The Morgan fingerprint density at radius 1 is 1.46 bits per heavy atom. The molecule has 0 aromatic heterocycles. The molecule has 0 aliphatic carbocycles. The summed E-state index contributed by atoms with van der Waals surface area (Å²) in [5.74, 6) is -0.420. The summed E-state index contributed by atoms with van der Waals surface area (Å²) >= 11 is 4.93. The molecule has 5 heteroatoms. The van der Waals surface area contributed by atoms with Crippen molar-refractivity contribution in [3.05, 3.63) is 0 Å². The van der Waals surface area contributed by atoms with Crippen molar-refractivity contribution in [2.45, 2.75) is 19.1 Å². The maximum absolute atomic E-state index is 5.43. The van der Waals surface area contributed by atoms with Crippen LogP contribution in [-0.2, 0) is 9.47 Å². The van der Waals surface area contributed by atoms with E-state index in [4.69, 9.17) is 21.7 Å². The molecule has 0 bridgehead atoms. The molecule has 13 heavy (non-hydrogen) atoms. The van der Waals surface area contributed by atoms with Gasteiger partial charge in [0.25, 0.3) is 0 Å². The van der Waals surface area contributed by atoms with Gasteiger partial charge in [-0.05, 0) is 19.1 Å². The van der Waals surface area contributed by atoms with Crippen molar-refractivity contribution in [3.63, 3.8) is 0 Å². The minimum Gasteiger partial charge on any atom is -0.366 e. The van der Waals surface area contributed by atoms with Crippen LogP contribution in [0, 0.1) is 0 Å². The van der Waals surface area contributed by atoms with Crippen molar-refractivity contribution < 1.29 is 9.47 Å². The maximum atomic E-state index is 5.43. The molecule has 0 saturated carbocycles. The van der Waals surface area contributed by atoms with Gasteiger partial charge in [0.15, 0.2) is 10.9 Å². The Balaban J connectivity index is 2.14. The van der Waals surface area contributed by atoms with Crippen LogP contribution in [0.25, 0.3) is 0 Å². The number of rotatable bonds is 3. The number of nitrogens with one attached hydrogen (secondary N) is 2. The number of hydrogen-bond acceptors (Lipinski definition) is 3. The first-order valence-corrected chi connectivity index (χ1v) is 4.81. The second kappa shape index (κ2) is 4.74. The summed E-state index contributed by atoms with van der Waals surface area (Å²) in [5, 5.41) is 6.54. The molecule has 0 aromatic rings. The second-order valence-electron chi connectivity index (χ2n) is 3.09. The van der Waals surface area contributed by atoms with Crippen LogP contribution in [0.4, 0.5) is 0 Å². The molecule has 0 unspecified atom stereocenters. The lowest BCUT2D eigenvalue weighted by Crippen LogP contribution is -2.37. The molecule has 0 amide bonds. The Morgan fingerprint density at radius 3 is 2.62 bits per heavy atom. The van der Waals surface area contributed by atoms with Gasteiger partial charge < -0.3 is 20.1 Å². The van der Waals surface area contributed by atoms with E-state index in [1.54, 1.807) is 7.05 Å². The van der Waals surface area contributed by atoms with Crippen molar-refractivity contribution in [1.82, 2.24) is 10.6 Å². The van der Waals surface area contributed by atoms with Gasteiger partial charge in [-0.15, -0.1) is 0 Å². The number of hydrogen-bond donors (Lipinski definition) is 2. The highest BCUT2D eigenvalue weighted by atomic mass is 32.1. The lowest BCUT2D eigenvalue weighted by molar-refractivity contribution is -0.145. The molecular weight excluding hydrogens is 188 g/mol. The van der Waals surface area contributed by atoms with Gasteiger partial charge in [-0.3, -0.25) is 0 Å². The summed E-state index contributed by atoms with van der Waals surface area (Å²) in [6.07, 6.45) is 0.800. The Bertz CT molecular complexity index is 181. The summed E-state index contributed by atoms with van der Waals surface area (Å²) in [7, 11) is 1.79. The molecule has 76 valence electrons. The molecule has 0 spiro atoms. The van der Waals surface area contributed by atoms with Gasteiger partial charge in [-0.1, -0.05) is 0 Å². The minimum atomic E-state index is -0.420. The SMILES string of the molecule is CNC(=S)NCCC1(C)OCCO1. The zero-order valence-electron chi connectivity index (χ0n) is 8.05. The predicted molar refractivity (Wildman–Crippen MR) is 54.6 cm³/mol. The van der Waals surface area contributed by atoms with Crippen LogP contribution in [-0.4, -0.2) is 37.7 Å². The van der Waals surface area contributed by atoms with Crippen LogP contribution < -0.4 is 10.6 Å². The van der Waals surface area contributed by atoms with E-state index >= 15 is 0 Å². The van der Waals surface area contributed by atoms with Gasteiger partial charge in [0.2, 0.25) is 0 Å². The quantitative estimate of drug-likeness (QED) is 0.644. The highest BCUT2D eigenvalue weighted by Gasteiger charge is 2.30. The third kappa shape index (κ3) is 3.46. The molecule has 1 aliphatic rings. The fourth-order valence-corrected chi connectivity index (χ4v) is 1.29. The summed E-state index contributed by atoms with van der Waals surface area (Å²) in [5.41, 5.74) is 0. The molecule has 0 radical (unpaired) electrons. The van der Waals surface area contributed by atoms with E-state index in [1.807, 2.05) is 6.92 Å². The van der Waals surface area contributed by atoms with Gasteiger partial charge >= 0.3 is 0 Å². The van der Waals surface area contributed by atoms with Crippen LogP contribution in [0.5, 0.6) is 0 Å². The number of ether oxygens (including phenoxy) is 2. The molecule has 0 atom stereocenters. The van der Waals surface area contributed by atoms with E-state index in [1.165, 1.54) is 0 Å². The fraction of sp³-hybridized carbons (Fsp3) is 0.875. The average Bonchev–Trinajstić information content (AvgIpc) is 2.52. The Morgan fingerprint density at radius 2 is 2.08 bits per heavy atom. The molecular formula is C8H16N2O2S. The van der Waals surface area contributed by atoms with Gasteiger partial charge in [0.05, 0.1) is 13.2 Å². The molecule has 1 aliphatic heterocycles. The first-order chi connectivity index (χ1) is 6.16. The molecule has 2 N–H and O–H groups in total. The lowest BCUT2D eigenvalue weighted by atomic mass is 10.2. The van der Waals surface area contributed by atoms with E-state index in [9.17, 15) is 0 Å². The first-order valence-electron chi connectivity index (χ1n) is 4.40. The summed E-state index contributed by atoms with van der Waals surface area (Å²) < 4.78 is 10.9. The Kier molecular flexibility index (Phi) is 3.90. The monoisotopic (exact) mass is 204 g/mol. The van der Waals surface area contributed by atoms with Crippen LogP contribution in [0.1, 0.15) is 13.3 Å². The van der Waals surface area contributed by atoms with Gasteiger partial charge in [0, 0.05) is 20.0 Å². The van der Waals surface area contributed by atoms with E-state index in [0.717, 1.165) is 13.0 Å². The summed E-state index contributed by atoms with van der Waals surface area (Å²) in [6.45, 7) is 4.08. The highest BCUT2D eigenvalue weighted by Crippen LogP contribution is 2.21. The lowest BCUT2D eigenvalue weighted by Gasteiger charge is -2.22. The van der Waals surface area contributed by atoms with Crippen LogP contribution in [0.15, 0.2) is 0 Å². The molecule has 1 fully saturated rings. The smallest absolute Gasteiger partial charge is 0.167 e. The molecule has 1 rings (SSSR count). The third-order valence-electron chi connectivity index (χ3n) is 1.99. The summed E-state index contributed by atoms with van der Waals surface area (Å²) in [6, 6.07) is 0. The van der Waals surface area contributed by atoms with Crippen molar-refractivity contribution in [2.24, 2.45) is 0 Å². The van der Waals surface area contributed by atoms with Crippen LogP contribution in [0.3, 0.4) is 0 Å². The zero-order valence-corrected chi connectivity index (χ0v) is 8.87.